The van der Waals surface area contributed by atoms with Gasteiger partial charge in [0.25, 0.3) is 5.91 Å². The Bertz CT molecular complexity index is 869. The molecule has 0 radical (unpaired) electrons. The minimum atomic E-state index is -0.0657. The minimum absolute atomic E-state index is 0.0657. The predicted octanol–water partition coefficient (Wildman–Crippen LogP) is 3.80. The lowest BCUT2D eigenvalue weighted by atomic mass is 10.2. The van der Waals surface area contributed by atoms with Crippen molar-refractivity contribution >= 4 is 61.1 Å². The third kappa shape index (κ3) is 4.68. The summed E-state index contributed by atoms with van der Waals surface area (Å²) in [5, 5.41) is 6.21. The van der Waals surface area contributed by atoms with Crippen LogP contribution in [0.5, 0.6) is 0 Å². The molecule has 0 aliphatic heterocycles. The molecule has 130 valence electrons. The first-order valence-corrected chi connectivity index (χ1v) is 10.4. The highest BCUT2D eigenvalue weighted by molar-refractivity contribution is 9.10. The largest absolute Gasteiger partial charge is 0.369 e. The zero-order valence-electron chi connectivity index (χ0n) is 13.5. The zero-order chi connectivity index (χ0) is 17.6. The average molecular weight is 438 g/mol. The Morgan fingerprint density at radius 1 is 1.24 bits per heavy atom. The van der Waals surface area contributed by atoms with Crippen LogP contribution in [-0.4, -0.2) is 40.2 Å². The quantitative estimate of drug-likeness (QED) is 0.432. The Morgan fingerprint density at radius 2 is 2.04 bits per heavy atom. The van der Waals surface area contributed by atoms with Crippen LogP contribution in [0.1, 0.15) is 16.8 Å². The van der Waals surface area contributed by atoms with Crippen molar-refractivity contribution in [3.05, 3.63) is 40.6 Å². The van der Waals surface area contributed by atoms with E-state index in [0.29, 0.717) is 18.7 Å². The first kappa shape index (κ1) is 18.1. The van der Waals surface area contributed by atoms with Crippen LogP contribution in [0.3, 0.4) is 0 Å². The highest BCUT2D eigenvalue weighted by Gasteiger charge is 2.09. The zero-order valence-corrected chi connectivity index (χ0v) is 16.7. The number of carbonyl (C=O) groups excluding carboxylic acids is 1. The highest BCUT2D eigenvalue weighted by Crippen LogP contribution is 2.30. The monoisotopic (exact) mass is 437 g/mol. The van der Waals surface area contributed by atoms with Crippen LogP contribution in [0.15, 0.2) is 39.4 Å². The normalized spacial score (nSPS) is 10.8. The number of carbonyl (C=O) groups is 1. The van der Waals surface area contributed by atoms with Gasteiger partial charge in [-0.2, -0.15) is 0 Å². The first-order chi connectivity index (χ1) is 12.2. The molecule has 0 fully saturated rings. The van der Waals surface area contributed by atoms with E-state index in [1.807, 2.05) is 18.4 Å². The predicted molar refractivity (Wildman–Crippen MR) is 107 cm³/mol. The van der Waals surface area contributed by atoms with Gasteiger partial charge in [0, 0.05) is 23.1 Å². The van der Waals surface area contributed by atoms with Gasteiger partial charge >= 0.3 is 0 Å². The van der Waals surface area contributed by atoms with Crippen molar-refractivity contribution in [2.45, 2.75) is 10.8 Å². The van der Waals surface area contributed by atoms with Gasteiger partial charge in [-0.3, -0.25) is 4.79 Å². The Morgan fingerprint density at radius 3 is 2.80 bits per heavy atom. The second-order valence-electron chi connectivity index (χ2n) is 5.10. The molecule has 2 N–H and O–H groups in total. The van der Waals surface area contributed by atoms with E-state index in [0.717, 1.165) is 31.4 Å². The summed E-state index contributed by atoms with van der Waals surface area (Å²) in [6.07, 6.45) is 4.30. The number of aromatic nitrogens is 3. The van der Waals surface area contributed by atoms with Gasteiger partial charge in [0.1, 0.15) is 16.8 Å². The first-order valence-electron chi connectivity index (χ1n) is 7.60. The fourth-order valence-electron chi connectivity index (χ4n) is 2.15. The Balaban J connectivity index is 1.48. The topological polar surface area (TPSA) is 79.8 Å². The van der Waals surface area contributed by atoms with Crippen LogP contribution < -0.4 is 10.6 Å². The van der Waals surface area contributed by atoms with Crippen LogP contribution in [0.25, 0.3) is 10.3 Å². The molecule has 1 aromatic carbocycles. The van der Waals surface area contributed by atoms with Crippen molar-refractivity contribution < 1.29 is 4.79 Å². The molecule has 9 heteroatoms. The second-order valence-corrected chi connectivity index (χ2v) is 8.07. The van der Waals surface area contributed by atoms with Crippen molar-refractivity contribution in [3.63, 3.8) is 0 Å². The summed E-state index contributed by atoms with van der Waals surface area (Å²) in [7, 11) is 0. The maximum atomic E-state index is 12.0. The molecule has 1 amide bonds. The Labute approximate surface area is 162 Å². The van der Waals surface area contributed by atoms with Crippen LogP contribution in [0.4, 0.5) is 5.82 Å². The molecule has 6 nitrogen and oxygen atoms in total. The third-order valence-corrected chi connectivity index (χ3v) is 5.95. The summed E-state index contributed by atoms with van der Waals surface area (Å²) in [4.78, 5) is 24.9. The molecule has 0 saturated heterocycles. The number of benzene rings is 1. The van der Waals surface area contributed by atoms with Crippen molar-refractivity contribution in [2.75, 3.05) is 24.7 Å². The van der Waals surface area contributed by atoms with E-state index in [2.05, 4.69) is 41.5 Å². The van der Waals surface area contributed by atoms with E-state index < -0.39 is 0 Å². The van der Waals surface area contributed by atoms with Crippen LogP contribution in [0, 0.1) is 0 Å². The number of nitrogens with one attached hydrogen (secondary N) is 2. The summed E-state index contributed by atoms with van der Waals surface area (Å²) < 4.78 is 2.89. The lowest BCUT2D eigenvalue weighted by molar-refractivity contribution is 0.0953. The fourth-order valence-corrected chi connectivity index (χ4v) is 3.89. The summed E-state index contributed by atoms with van der Waals surface area (Å²) in [6, 6.07) is 7.30. The molecule has 3 aromatic rings. The molecular formula is C16H16BrN5OS2. The van der Waals surface area contributed by atoms with Crippen LogP contribution in [-0.2, 0) is 0 Å². The summed E-state index contributed by atoms with van der Waals surface area (Å²) >= 11 is 6.54. The lowest BCUT2D eigenvalue weighted by Gasteiger charge is -2.07. The molecule has 0 atom stereocenters. The average Bonchev–Trinajstić information content (AvgIpc) is 3.06. The molecule has 2 aromatic heterocycles. The second kappa shape index (κ2) is 8.59. The maximum Gasteiger partial charge on any atom is 0.251 e. The van der Waals surface area contributed by atoms with E-state index in [4.69, 9.17) is 0 Å². The van der Waals surface area contributed by atoms with Gasteiger partial charge in [-0.1, -0.05) is 27.7 Å². The molecule has 3 rings (SSSR count). The van der Waals surface area contributed by atoms with Crippen LogP contribution >= 0.6 is 39.0 Å². The van der Waals surface area contributed by atoms with Gasteiger partial charge in [-0.25, -0.2) is 15.0 Å². The van der Waals surface area contributed by atoms with Gasteiger partial charge in [-0.05, 0) is 36.9 Å². The number of rotatable bonds is 7. The SMILES string of the molecule is CSc1nc2ncnc(NCCCNC(=O)c3ccc(Br)cc3)c2s1. The number of hydrogen-bond acceptors (Lipinski definition) is 7. The van der Waals surface area contributed by atoms with E-state index in [1.165, 1.54) is 6.33 Å². The van der Waals surface area contributed by atoms with E-state index >= 15 is 0 Å². The van der Waals surface area contributed by atoms with Gasteiger partial charge in [0.2, 0.25) is 0 Å². The number of thioether (sulfide) groups is 1. The van der Waals surface area contributed by atoms with Gasteiger partial charge in [0.15, 0.2) is 9.99 Å². The summed E-state index contributed by atoms with van der Waals surface area (Å²) in [6.45, 7) is 1.30. The number of thiazole rings is 1. The van der Waals surface area contributed by atoms with Gasteiger partial charge in [-0.15, -0.1) is 11.3 Å². The summed E-state index contributed by atoms with van der Waals surface area (Å²) in [5.74, 6) is 0.728. The number of anilines is 1. The number of nitrogens with zero attached hydrogens (tertiary/aromatic N) is 3. The number of fused-ring (bicyclic) bond motifs is 1. The maximum absolute atomic E-state index is 12.0. The highest BCUT2D eigenvalue weighted by atomic mass is 79.9. The Kier molecular flexibility index (Phi) is 6.22. The number of amides is 1. The molecule has 0 aliphatic rings. The molecule has 25 heavy (non-hydrogen) atoms. The number of halogens is 1. The van der Waals surface area contributed by atoms with Crippen molar-refractivity contribution in [3.8, 4) is 0 Å². The molecule has 0 unspecified atom stereocenters. The molecule has 0 saturated carbocycles. The standard InChI is InChI=1S/C16H16BrN5OS2/c1-24-16-22-14-12(25-16)13(20-9-21-14)18-7-2-8-19-15(23)10-3-5-11(17)6-4-10/h3-6,9H,2,7-8H2,1H3,(H,19,23)(H,18,20,21). The van der Waals surface area contributed by atoms with E-state index in [1.54, 1.807) is 35.2 Å². The summed E-state index contributed by atoms with van der Waals surface area (Å²) in [5.41, 5.74) is 1.37. The van der Waals surface area contributed by atoms with Crippen LogP contribution in [0.2, 0.25) is 0 Å². The van der Waals surface area contributed by atoms with E-state index in [9.17, 15) is 4.79 Å². The van der Waals surface area contributed by atoms with Gasteiger partial charge in [0.05, 0.1) is 0 Å². The minimum Gasteiger partial charge on any atom is -0.369 e. The Hall–Kier alpha value is -1.71. The smallest absolute Gasteiger partial charge is 0.251 e. The third-order valence-electron chi connectivity index (χ3n) is 3.38. The molecule has 2 heterocycles. The van der Waals surface area contributed by atoms with Crippen molar-refractivity contribution in [1.29, 1.82) is 0 Å². The molecule has 0 bridgehead atoms. The molecular weight excluding hydrogens is 422 g/mol. The molecule has 0 aliphatic carbocycles. The lowest BCUT2D eigenvalue weighted by Crippen LogP contribution is -2.25. The molecule has 0 spiro atoms. The van der Waals surface area contributed by atoms with Crippen molar-refractivity contribution in [1.82, 2.24) is 20.3 Å². The number of hydrogen-bond donors (Lipinski definition) is 2. The van der Waals surface area contributed by atoms with Gasteiger partial charge < -0.3 is 10.6 Å². The fraction of sp³-hybridized carbons (Fsp3) is 0.250. The van der Waals surface area contributed by atoms with Crippen molar-refractivity contribution in [2.24, 2.45) is 0 Å². The van der Waals surface area contributed by atoms with E-state index in [-0.39, 0.29) is 5.91 Å².